The van der Waals surface area contributed by atoms with Crippen LogP contribution in [0.3, 0.4) is 0 Å². The monoisotopic (exact) mass is 255 g/mol. The van der Waals surface area contributed by atoms with Gasteiger partial charge in [-0.2, -0.15) is 0 Å². The molecule has 1 rings (SSSR count). The van der Waals surface area contributed by atoms with E-state index in [1.807, 2.05) is 0 Å². The van der Waals surface area contributed by atoms with Gasteiger partial charge in [0.05, 0.1) is 0 Å². The number of likely N-dealkylation sites (N-methyl/N-ethyl adjacent to an activating group) is 2. The maximum absolute atomic E-state index is 3.48. The maximum Gasteiger partial charge on any atom is 0.0220 e. The molecule has 0 aromatic rings. The minimum absolute atomic E-state index is 0.682. The molecule has 1 aliphatic rings. The molecule has 3 nitrogen and oxygen atoms in total. The lowest BCUT2D eigenvalue weighted by Crippen LogP contribution is -2.45. The van der Waals surface area contributed by atoms with Crippen LogP contribution in [0.5, 0.6) is 0 Å². The van der Waals surface area contributed by atoms with Gasteiger partial charge in [0, 0.05) is 18.6 Å². The first-order valence-electron chi connectivity index (χ1n) is 7.75. The highest BCUT2D eigenvalue weighted by Crippen LogP contribution is 2.14. The summed E-state index contributed by atoms with van der Waals surface area (Å²) >= 11 is 0. The van der Waals surface area contributed by atoms with Crippen LogP contribution in [0.25, 0.3) is 0 Å². The van der Waals surface area contributed by atoms with Crippen molar-refractivity contribution in [2.24, 2.45) is 0 Å². The van der Waals surface area contributed by atoms with Crippen LogP contribution in [0.2, 0.25) is 0 Å². The molecule has 1 aliphatic heterocycles. The lowest BCUT2D eigenvalue weighted by molar-refractivity contribution is 0.132. The van der Waals surface area contributed by atoms with Gasteiger partial charge in [-0.15, -0.1) is 0 Å². The molecule has 1 heterocycles. The van der Waals surface area contributed by atoms with E-state index in [0.29, 0.717) is 6.04 Å². The number of hydrogen-bond donors (Lipinski definition) is 1. The molecular formula is C15H33N3. The third-order valence-corrected chi connectivity index (χ3v) is 4.17. The van der Waals surface area contributed by atoms with Gasteiger partial charge in [0.25, 0.3) is 0 Å². The summed E-state index contributed by atoms with van der Waals surface area (Å²) in [6, 6.07) is 1.47. The maximum atomic E-state index is 3.48. The average molecular weight is 255 g/mol. The van der Waals surface area contributed by atoms with Crippen molar-refractivity contribution in [1.29, 1.82) is 0 Å². The van der Waals surface area contributed by atoms with Crippen molar-refractivity contribution in [2.45, 2.75) is 58.0 Å². The Morgan fingerprint density at radius 1 is 1.39 bits per heavy atom. The van der Waals surface area contributed by atoms with E-state index in [1.165, 1.54) is 51.7 Å². The summed E-state index contributed by atoms with van der Waals surface area (Å²) in [5, 5.41) is 3.48. The van der Waals surface area contributed by atoms with E-state index in [0.717, 1.165) is 12.6 Å². The molecular weight excluding hydrogens is 222 g/mol. The van der Waals surface area contributed by atoms with Crippen molar-refractivity contribution >= 4 is 0 Å². The van der Waals surface area contributed by atoms with E-state index in [4.69, 9.17) is 0 Å². The quantitative estimate of drug-likeness (QED) is 0.671. The fourth-order valence-electron chi connectivity index (χ4n) is 2.94. The molecule has 0 radical (unpaired) electrons. The minimum atomic E-state index is 0.682. The largest absolute Gasteiger partial charge is 0.315 e. The van der Waals surface area contributed by atoms with E-state index in [9.17, 15) is 0 Å². The number of hydrogen-bond acceptors (Lipinski definition) is 3. The zero-order valence-corrected chi connectivity index (χ0v) is 12.9. The Kier molecular flexibility index (Phi) is 7.87. The van der Waals surface area contributed by atoms with Crippen LogP contribution in [0, 0.1) is 0 Å². The Morgan fingerprint density at radius 2 is 2.17 bits per heavy atom. The molecule has 2 atom stereocenters. The van der Waals surface area contributed by atoms with Gasteiger partial charge in [0.1, 0.15) is 0 Å². The van der Waals surface area contributed by atoms with Gasteiger partial charge in [-0.05, 0) is 66.3 Å². The van der Waals surface area contributed by atoms with E-state index in [2.05, 4.69) is 43.1 Å². The van der Waals surface area contributed by atoms with Crippen molar-refractivity contribution in [3.63, 3.8) is 0 Å². The Balaban J connectivity index is 2.07. The van der Waals surface area contributed by atoms with Gasteiger partial charge >= 0.3 is 0 Å². The van der Waals surface area contributed by atoms with Crippen molar-refractivity contribution in [2.75, 3.05) is 40.3 Å². The summed E-state index contributed by atoms with van der Waals surface area (Å²) in [6.07, 6.45) is 6.75. The molecule has 2 unspecified atom stereocenters. The minimum Gasteiger partial charge on any atom is -0.315 e. The Morgan fingerprint density at radius 3 is 2.83 bits per heavy atom. The number of rotatable bonds is 8. The number of unbranched alkanes of at least 4 members (excludes halogenated alkanes) is 1. The lowest BCUT2D eigenvalue weighted by atomic mass is 10.0. The fraction of sp³-hybridized carbons (Fsp3) is 1.00. The van der Waals surface area contributed by atoms with Gasteiger partial charge in [-0.25, -0.2) is 0 Å². The van der Waals surface area contributed by atoms with Crippen molar-refractivity contribution in [1.82, 2.24) is 15.1 Å². The molecule has 0 spiro atoms. The van der Waals surface area contributed by atoms with E-state index < -0.39 is 0 Å². The van der Waals surface area contributed by atoms with Crippen LogP contribution in [-0.2, 0) is 0 Å². The van der Waals surface area contributed by atoms with Gasteiger partial charge in [-0.1, -0.05) is 13.3 Å². The zero-order chi connectivity index (χ0) is 13.4. The van der Waals surface area contributed by atoms with Crippen LogP contribution in [-0.4, -0.2) is 62.2 Å². The molecule has 3 heteroatoms. The molecule has 0 saturated carbocycles. The van der Waals surface area contributed by atoms with Crippen LogP contribution < -0.4 is 5.32 Å². The predicted molar refractivity (Wildman–Crippen MR) is 80.1 cm³/mol. The molecule has 0 aliphatic carbocycles. The second-order valence-corrected chi connectivity index (χ2v) is 5.99. The Labute approximate surface area is 114 Å². The number of likely N-dealkylation sites (tertiary alicyclic amines) is 1. The van der Waals surface area contributed by atoms with Crippen LogP contribution >= 0.6 is 0 Å². The summed E-state index contributed by atoms with van der Waals surface area (Å²) in [4.78, 5) is 5.05. The predicted octanol–water partition coefficient (Wildman–Crippen LogP) is 2.18. The number of piperidine rings is 1. The third kappa shape index (κ3) is 6.17. The third-order valence-electron chi connectivity index (χ3n) is 4.17. The molecule has 0 aromatic heterocycles. The SMILES string of the molecule is CCNC(C)CCCCN(C)C1CCCN(C)C1. The van der Waals surface area contributed by atoms with Crippen molar-refractivity contribution in [3.05, 3.63) is 0 Å². The molecule has 1 saturated heterocycles. The fourth-order valence-corrected chi connectivity index (χ4v) is 2.94. The summed E-state index contributed by atoms with van der Waals surface area (Å²) < 4.78 is 0. The van der Waals surface area contributed by atoms with Crippen LogP contribution in [0.4, 0.5) is 0 Å². The molecule has 1 N–H and O–H groups in total. The highest BCUT2D eigenvalue weighted by molar-refractivity contribution is 4.77. The molecule has 0 aromatic carbocycles. The van der Waals surface area contributed by atoms with Crippen LogP contribution in [0.15, 0.2) is 0 Å². The Hall–Kier alpha value is -0.120. The standard InChI is InChI=1S/C15H33N3/c1-5-16-14(2)9-6-7-12-18(4)15-10-8-11-17(3)13-15/h14-16H,5-13H2,1-4H3. The molecule has 0 bridgehead atoms. The first-order chi connectivity index (χ1) is 8.63. The first-order valence-corrected chi connectivity index (χ1v) is 7.75. The Bertz CT molecular complexity index is 208. The molecule has 1 fully saturated rings. The van der Waals surface area contributed by atoms with E-state index in [-0.39, 0.29) is 0 Å². The van der Waals surface area contributed by atoms with Gasteiger partial charge < -0.3 is 15.1 Å². The van der Waals surface area contributed by atoms with Gasteiger partial charge in [0.15, 0.2) is 0 Å². The summed E-state index contributed by atoms with van der Waals surface area (Å²) in [5.74, 6) is 0. The van der Waals surface area contributed by atoms with E-state index >= 15 is 0 Å². The molecule has 0 amide bonds. The summed E-state index contributed by atoms with van der Waals surface area (Å²) in [5.41, 5.74) is 0. The molecule has 108 valence electrons. The average Bonchev–Trinajstić information content (AvgIpc) is 2.35. The highest BCUT2D eigenvalue weighted by atomic mass is 15.2. The molecule has 18 heavy (non-hydrogen) atoms. The smallest absolute Gasteiger partial charge is 0.0220 e. The second kappa shape index (κ2) is 8.89. The topological polar surface area (TPSA) is 18.5 Å². The summed E-state index contributed by atoms with van der Waals surface area (Å²) in [6.45, 7) is 9.37. The first kappa shape index (κ1) is 15.9. The van der Waals surface area contributed by atoms with Crippen LogP contribution in [0.1, 0.15) is 46.0 Å². The summed E-state index contributed by atoms with van der Waals surface area (Å²) in [7, 11) is 4.55. The van der Waals surface area contributed by atoms with Gasteiger partial charge in [-0.3, -0.25) is 0 Å². The second-order valence-electron chi connectivity index (χ2n) is 5.99. The number of nitrogens with one attached hydrogen (secondary N) is 1. The van der Waals surface area contributed by atoms with Crippen molar-refractivity contribution in [3.8, 4) is 0 Å². The van der Waals surface area contributed by atoms with Gasteiger partial charge in [0.2, 0.25) is 0 Å². The zero-order valence-electron chi connectivity index (χ0n) is 12.9. The number of nitrogens with zero attached hydrogens (tertiary/aromatic N) is 2. The highest BCUT2D eigenvalue weighted by Gasteiger charge is 2.20. The lowest BCUT2D eigenvalue weighted by Gasteiger charge is -2.36. The normalized spacial score (nSPS) is 23.5. The van der Waals surface area contributed by atoms with Crippen molar-refractivity contribution < 1.29 is 0 Å². The van der Waals surface area contributed by atoms with E-state index in [1.54, 1.807) is 0 Å².